The lowest BCUT2D eigenvalue weighted by molar-refractivity contribution is 0.0950. The first-order valence-electron chi connectivity index (χ1n) is 6.91. The molecule has 0 saturated carbocycles. The number of thiazole rings is 1. The number of carbonyl (C=O) groups is 1. The highest BCUT2D eigenvalue weighted by Crippen LogP contribution is 2.25. The highest BCUT2D eigenvalue weighted by Gasteiger charge is 2.11. The first-order chi connectivity index (χ1) is 10.2. The van der Waals surface area contributed by atoms with Gasteiger partial charge in [0.1, 0.15) is 16.5 Å². The number of hydrogen-bond donors (Lipinski definition) is 2. The molecule has 1 amide bonds. The smallest absolute Gasteiger partial charge is 0.270 e. The summed E-state index contributed by atoms with van der Waals surface area (Å²) in [6.45, 7) is 3.65. The molecule has 0 bridgehead atoms. The number of halogens is 1. The number of benzene rings is 1. The fourth-order valence-electron chi connectivity index (χ4n) is 1.70. The van der Waals surface area contributed by atoms with E-state index in [0.29, 0.717) is 25.4 Å². The molecule has 0 fully saturated rings. The summed E-state index contributed by atoms with van der Waals surface area (Å²) in [7, 11) is 0. The second-order valence-electron chi connectivity index (χ2n) is 4.46. The topological polar surface area (TPSA) is 77.2 Å². The van der Waals surface area contributed by atoms with Gasteiger partial charge in [0.05, 0.1) is 6.61 Å². The minimum atomic E-state index is -0.189. The average Bonchev–Trinajstić information content (AvgIpc) is 3.01. The zero-order valence-corrected chi connectivity index (χ0v) is 14.0. The van der Waals surface area contributed by atoms with E-state index < -0.39 is 0 Å². The molecule has 5 nitrogen and oxygen atoms in total. The molecule has 1 aromatic carbocycles. The highest BCUT2D eigenvalue weighted by atomic mass is 35.5. The Labute approximate surface area is 140 Å². The van der Waals surface area contributed by atoms with Crippen LogP contribution >= 0.6 is 23.7 Å². The molecule has 1 heterocycles. The summed E-state index contributed by atoms with van der Waals surface area (Å²) in [5.74, 6) is 0.656. The minimum absolute atomic E-state index is 0. The van der Waals surface area contributed by atoms with E-state index in [1.54, 1.807) is 5.38 Å². The maximum atomic E-state index is 11.8. The van der Waals surface area contributed by atoms with Gasteiger partial charge in [0, 0.05) is 24.0 Å². The SMILES string of the molecule is CCCOc1ccc(-c2nc(C(=O)NCCN)cs2)cc1.Cl. The molecule has 7 heteroatoms. The van der Waals surface area contributed by atoms with E-state index in [1.807, 2.05) is 24.3 Å². The number of aromatic nitrogens is 1. The van der Waals surface area contributed by atoms with Crippen LogP contribution in [-0.4, -0.2) is 30.6 Å². The van der Waals surface area contributed by atoms with Gasteiger partial charge in [0.2, 0.25) is 0 Å². The summed E-state index contributed by atoms with van der Waals surface area (Å²) < 4.78 is 5.54. The van der Waals surface area contributed by atoms with Crippen molar-refractivity contribution in [3.05, 3.63) is 35.3 Å². The first kappa shape index (κ1) is 18.4. The van der Waals surface area contributed by atoms with Crippen LogP contribution in [0.1, 0.15) is 23.8 Å². The number of ether oxygens (including phenoxy) is 1. The van der Waals surface area contributed by atoms with Crippen molar-refractivity contribution in [2.24, 2.45) is 5.73 Å². The van der Waals surface area contributed by atoms with Gasteiger partial charge in [0.25, 0.3) is 5.91 Å². The molecule has 0 saturated heterocycles. The van der Waals surface area contributed by atoms with E-state index in [2.05, 4.69) is 17.2 Å². The molecule has 0 aliphatic heterocycles. The first-order valence-corrected chi connectivity index (χ1v) is 7.79. The fourth-order valence-corrected chi connectivity index (χ4v) is 2.51. The summed E-state index contributed by atoms with van der Waals surface area (Å²) in [6.07, 6.45) is 0.982. The zero-order chi connectivity index (χ0) is 15.1. The van der Waals surface area contributed by atoms with Crippen molar-refractivity contribution in [3.63, 3.8) is 0 Å². The van der Waals surface area contributed by atoms with Crippen molar-refractivity contribution in [2.75, 3.05) is 19.7 Å². The van der Waals surface area contributed by atoms with Crippen LogP contribution in [0.25, 0.3) is 10.6 Å². The average molecular weight is 342 g/mol. The van der Waals surface area contributed by atoms with Crippen LogP contribution in [0.3, 0.4) is 0 Å². The Morgan fingerprint density at radius 3 is 2.73 bits per heavy atom. The lowest BCUT2D eigenvalue weighted by Crippen LogP contribution is -2.29. The van der Waals surface area contributed by atoms with Crippen molar-refractivity contribution < 1.29 is 9.53 Å². The fraction of sp³-hybridized carbons (Fsp3) is 0.333. The van der Waals surface area contributed by atoms with Gasteiger partial charge in [0.15, 0.2) is 0 Å². The van der Waals surface area contributed by atoms with Gasteiger partial charge in [-0.2, -0.15) is 0 Å². The normalized spacial score (nSPS) is 9.91. The van der Waals surface area contributed by atoms with Gasteiger partial charge < -0.3 is 15.8 Å². The van der Waals surface area contributed by atoms with Crippen LogP contribution in [0.5, 0.6) is 5.75 Å². The lowest BCUT2D eigenvalue weighted by atomic mass is 10.2. The van der Waals surface area contributed by atoms with Crippen LogP contribution in [0.15, 0.2) is 29.6 Å². The lowest BCUT2D eigenvalue weighted by Gasteiger charge is -2.04. The Bertz CT molecular complexity index is 587. The van der Waals surface area contributed by atoms with Crippen LogP contribution in [0, 0.1) is 0 Å². The third-order valence-electron chi connectivity index (χ3n) is 2.74. The Hall–Kier alpha value is -1.63. The van der Waals surface area contributed by atoms with Crippen LogP contribution < -0.4 is 15.8 Å². The van der Waals surface area contributed by atoms with E-state index in [0.717, 1.165) is 22.7 Å². The largest absolute Gasteiger partial charge is 0.494 e. The molecule has 1 aromatic heterocycles. The number of hydrogen-bond acceptors (Lipinski definition) is 5. The van der Waals surface area contributed by atoms with E-state index >= 15 is 0 Å². The monoisotopic (exact) mass is 341 g/mol. The number of nitrogens with two attached hydrogens (primary N) is 1. The number of carbonyl (C=O) groups excluding carboxylic acids is 1. The molecular weight excluding hydrogens is 322 g/mol. The van der Waals surface area contributed by atoms with Crippen molar-refractivity contribution in [2.45, 2.75) is 13.3 Å². The van der Waals surface area contributed by atoms with Gasteiger partial charge in [-0.05, 0) is 30.7 Å². The minimum Gasteiger partial charge on any atom is -0.494 e. The van der Waals surface area contributed by atoms with Gasteiger partial charge in [-0.3, -0.25) is 4.79 Å². The molecule has 0 unspecified atom stereocenters. The van der Waals surface area contributed by atoms with Crippen molar-refractivity contribution in [3.8, 4) is 16.3 Å². The highest BCUT2D eigenvalue weighted by molar-refractivity contribution is 7.13. The van der Waals surface area contributed by atoms with E-state index in [9.17, 15) is 4.79 Å². The molecule has 0 aliphatic carbocycles. The van der Waals surface area contributed by atoms with E-state index in [-0.39, 0.29) is 18.3 Å². The Balaban J connectivity index is 0.00000242. The molecule has 0 spiro atoms. The van der Waals surface area contributed by atoms with E-state index in [1.165, 1.54) is 11.3 Å². The molecule has 0 aliphatic rings. The van der Waals surface area contributed by atoms with E-state index in [4.69, 9.17) is 10.5 Å². The molecule has 3 N–H and O–H groups in total. The summed E-state index contributed by atoms with van der Waals surface area (Å²) in [6, 6.07) is 7.73. The molecule has 120 valence electrons. The van der Waals surface area contributed by atoms with Gasteiger partial charge in [-0.15, -0.1) is 23.7 Å². The molecular formula is C15H20ClN3O2S. The van der Waals surface area contributed by atoms with Crippen molar-refractivity contribution >= 4 is 29.7 Å². The Kier molecular flexibility index (Phi) is 7.87. The van der Waals surface area contributed by atoms with Crippen LogP contribution in [0.4, 0.5) is 0 Å². The number of rotatable bonds is 7. The standard InChI is InChI=1S/C15H19N3O2S.ClH/c1-2-9-20-12-5-3-11(4-6-12)15-18-13(10-21-15)14(19)17-8-7-16;/h3-6,10H,2,7-9,16H2,1H3,(H,17,19);1H. The summed E-state index contributed by atoms with van der Waals surface area (Å²) in [5, 5.41) is 5.27. The predicted octanol–water partition coefficient (Wildman–Crippen LogP) is 2.71. The second kappa shape index (κ2) is 9.40. The Morgan fingerprint density at radius 2 is 2.09 bits per heavy atom. The molecule has 2 aromatic rings. The number of nitrogens with one attached hydrogen (secondary N) is 1. The summed E-state index contributed by atoms with van der Waals surface area (Å²) in [5.41, 5.74) is 6.76. The maximum absolute atomic E-state index is 11.8. The van der Waals surface area contributed by atoms with Crippen LogP contribution in [0.2, 0.25) is 0 Å². The van der Waals surface area contributed by atoms with Crippen molar-refractivity contribution in [1.29, 1.82) is 0 Å². The maximum Gasteiger partial charge on any atom is 0.270 e. The Morgan fingerprint density at radius 1 is 1.36 bits per heavy atom. The third kappa shape index (κ3) is 4.98. The van der Waals surface area contributed by atoms with Gasteiger partial charge >= 0.3 is 0 Å². The van der Waals surface area contributed by atoms with Crippen molar-refractivity contribution in [1.82, 2.24) is 10.3 Å². The molecule has 0 atom stereocenters. The molecule has 22 heavy (non-hydrogen) atoms. The third-order valence-corrected chi connectivity index (χ3v) is 3.63. The van der Waals surface area contributed by atoms with Crippen LogP contribution in [-0.2, 0) is 0 Å². The zero-order valence-electron chi connectivity index (χ0n) is 12.4. The predicted molar refractivity (Wildman–Crippen MR) is 92.0 cm³/mol. The quantitative estimate of drug-likeness (QED) is 0.811. The second-order valence-corrected chi connectivity index (χ2v) is 5.31. The summed E-state index contributed by atoms with van der Waals surface area (Å²) >= 11 is 1.44. The number of amides is 1. The number of nitrogens with zero attached hydrogens (tertiary/aromatic N) is 1. The summed E-state index contributed by atoms with van der Waals surface area (Å²) in [4.78, 5) is 16.1. The molecule has 0 radical (unpaired) electrons. The molecule has 2 rings (SSSR count). The van der Waals surface area contributed by atoms with Gasteiger partial charge in [-0.25, -0.2) is 4.98 Å². The van der Waals surface area contributed by atoms with Gasteiger partial charge in [-0.1, -0.05) is 6.92 Å².